The van der Waals surface area contributed by atoms with Crippen LogP contribution < -0.4 is 5.32 Å². The first-order chi connectivity index (χ1) is 8.57. The third kappa shape index (κ3) is 3.97. The Hall–Kier alpha value is -0.580. The molecule has 1 heterocycles. The molecule has 4 nitrogen and oxygen atoms in total. The van der Waals surface area contributed by atoms with Crippen LogP contribution in [0, 0.1) is 11.8 Å². The molecule has 1 unspecified atom stereocenters. The molecule has 0 bridgehead atoms. The Morgan fingerprint density at radius 1 is 1.17 bits per heavy atom. The zero-order valence-corrected chi connectivity index (χ0v) is 11.7. The average molecular weight is 273 g/mol. The largest absolute Gasteiger partial charge is 0.356 e. The minimum Gasteiger partial charge on any atom is -0.356 e. The molecule has 0 aromatic heterocycles. The molecule has 1 N–H and O–H groups in total. The lowest BCUT2D eigenvalue weighted by Crippen LogP contribution is -2.32. The predicted molar refractivity (Wildman–Crippen MR) is 71.0 cm³/mol. The Balaban J connectivity index is 1.60. The van der Waals surface area contributed by atoms with Crippen LogP contribution in [0.3, 0.4) is 0 Å². The highest BCUT2D eigenvalue weighted by Gasteiger charge is 2.32. The molecular formula is C13H23NO3S. The van der Waals surface area contributed by atoms with Crippen molar-refractivity contribution in [2.75, 3.05) is 18.1 Å². The first-order valence-electron chi connectivity index (χ1n) is 7.05. The lowest BCUT2D eigenvalue weighted by atomic mass is 10.0. The van der Waals surface area contributed by atoms with E-state index < -0.39 is 9.84 Å². The molecule has 104 valence electrons. The van der Waals surface area contributed by atoms with Crippen LogP contribution in [0.15, 0.2) is 0 Å². The Labute approximate surface area is 109 Å². The fourth-order valence-electron chi connectivity index (χ4n) is 3.05. The van der Waals surface area contributed by atoms with Crippen LogP contribution in [0.5, 0.6) is 0 Å². The van der Waals surface area contributed by atoms with Gasteiger partial charge >= 0.3 is 0 Å². The number of carbonyl (C=O) groups excluding carboxylic acids is 1. The zero-order valence-electron chi connectivity index (χ0n) is 10.9. The first kappa shape index (κ1) is 13.8. The summed E-state index contributed by atoms with van der Waals surface area (Å²) in [5, 5.41) is 2.88. The van der Waals surface area contributed by atoms with E-state index >= 15 is 0 Å². The van der Waals surface area contributed by atoms with Crippen molar-refractivity contribution < 1.29 is 13.2 Å². The molecule has 0 aromatic carbocycles. The summed E-state index contributed by atoms with van der Waals surface area (Å²) in [5.74, 6) is 0.701. The molecule has 0 radical (unpaired) electrons. The van der Waals surface area contributed by atoms with E-state index in [-0.39, 0.29) is 23.3 Å². The fraction of sp³-hybridized carbons (Fsp3) is 0.923. The Bertz CT molecular complexity index is 385. The predicted octanol–water partition coefficient (Wildman–Crippen LogP) is 1.51. The van der Waals surface area contributed by atoms with Gasteiger partial charge in [-0.1, -0.05) is 25.7 Å². The second kappa shape index (κ2) is 6.04. The SMILES string of the molecule is O=C(NCCCC1CCCC1)C1CCS(=O)(=O)C1. The van der Waals surface area contributed by atoms with Crippen LogP contribution in [0.1, 0.15) is 44.9 Å². The summed E-state index contributed by atoms with van der Waals surface area (Å²) in [7, 11) is -2.94. The molecule has 0 spiro atoms. The van der Waals surface area contributed by atoms with E-state index in [0.29, 0.717) is 13.0 Å². The van der Waals surface area contributed by atoms with Gasteiger partial charge in [-0.2, -0.15) is 0 Å². The first-order valence-corrected chi connectivity index (χ1v) is 8.87. The summed E-state index contributed by atoms with van der Waals surface area (Å²) >= 11 is 0. The van der Waals surface area contributed by atoms with Gasteiger partial charge in [-0.15, -0.1) is 0 Å². The monoisotopic (exact) mass is 273 g/mol. The van der Waals surface area contributed by atoms with Crippen LogP contribution >= 0.6 is 0 Å². The number of amides is 1. The zero-order chi connectivity index (χ0) is 13.0. The minimum atomic E-state index is -2.94. The molecular weight excluding hydrogens is 250 g/mol. The van der Waals surface area contributed by atoms with Gasteiger partial charge in [0.1, 0.15) is 0 Å². The third-order valence-electron chi connectivity index (χ3n) is 4.17. The average Bonchev–Trinajstić information content (AvgIpc) is 2.93. The van der Waals surface area contributed by atoms with Gasteiger partial charge in [-0.25, -0.2) is 8.42 Å². The number of sulfone groups is 1. The van der Waals surface area contributed by atoms with Gasteiger partial charge in [-0.05, 0) is 25.2 Å². The van der Waals surface area contributed by atoms with E-state index in [2.05, 4.69) is 5.32 Å². The smallest absolute Gasteiger partial charge is 0.224 e. The molecule has 1 saturated carbocycles. The number of nitrogens with one attached hydrogen (secondary N) is 1. The van der Waals surface area contributed by atoms with Gasteiger partial charge in [0.15, 0.2) is 9.84 Å². The Morgan fingerprint density at radius 2 is 1.89 bits per heavy atom. The van der Waals surface area contributed by atoms with Crippen LogP contribution in [-0.4, -0.2) is 32.4 Å². The maximum absolute atomic E-state index is 11.8. The summed E-state index contributed by atoms with van der Waals surface area (Å²) in [6, 6.07) is 0. The van der Waals surface area contributed by atoms with Crippen molar-refractivity contribution in [2.24, 2.45) is 11.8 Å². The highest BCUT2D eigenvalue weighted by molar-refractivity contribution is 7.91. The molecule has 2 rings (SSSR count). The minimum absolute atomic E-state index is 0.0431. The summed E-state index contributed by atoms with van der Waals surface area (Å²) in [5.41, 5.74) is 0. The molecule has 1 atom stereocenters. The van der Waals surface area contributed by atoms with Gasteiger partial charge in [0.2, 0.25) is 5.91 Å². The van der Waals surface area contributed by atoms with Gasteiger partial charge in [0.05, 0.1) is 17.4 Å². The van der Waals surface area contributed by atoms with Crippen molar-refractivity contribution in [1.29, 1.82) is 0 Å². The van der Waals surface area contributed by atoms with Crippen molar-refractivity contribution in [3.8, 4) is 0 Å². The molecule has 18 heavy (non-hydrogen) atoms. The van der Waals surface area contributed by atoms with E-state index in [9.17, 15) is 13.2 Å². The summed E-state index contributed by atoms with van der Waals surface area (Å²) in [6.45, 7) is 0.700. The van der Waals surface area contributed by atoms with Crippen molar-refractivity contribution in [3.05, 3.63) is 0 Å². The van der Waals surface area contributed by atoms with E-state index in [0.717, 1.165) is 12.3 Å². The lowest BCUT2D eigenvalue weighted by Gasteiger charge is -2.11. The van der Waals surface area contributed by atoms with Gasteiger partial charge in [-0.3, -0.25) is 4.79 Å². The second-order valence-electron chi connectivity index (χ2n) is 5.68. The molecule has 1 aliphatic carbocycles. The maximum Gasteiger partial charge on any atom is 0.224 e. The maximum atomic E-state index is 11.8. The second-order valence-corrected chi connectivity index (χ2v) is 7.91. The van der Waals surface area contributed by atoms with E-state index in [1.54, 1.807) is 0 Å². The van der Waals surface area contributed by atoms with Crippen molar-refractivity contribution in [3.63, 3.8) is 0 Å². The molecule has 2 fully saturated rings. The fourth-order valence-corrected chi connectivity index (χ4v) is 4.79. The van der Waals surface area contributed by atoms with Crippen LogP contribution in [0.25, 0.3) is 0 Å². The van der Waals surface area contributed by atoms with Crippen LogP contribution in [0.4, 0.5) is 0 Å². The van der Waals surface area contributed by atoms with Crippen LogP contribution in [-0.2, 0) is 14.6 Å². The van der Waals surface area contributed by atoms with E-state index in [1.807, 2.05) is 0 Å². The number of rotatable bonds is 5. The van der Waals surface area contributed by atoms with E-state index in [1.165, 1.54) is 32.1 Å². The summed E-state index contributed by atoms with van der Waals surface area (Å²) in [4.78, 5) is 11.8. The third-order valence-corrected chi connectivity index (χ3v) is 5.93. The number of hydrogen-bond acceptors (Lipinski definition) is 3. The lowest BCUT2D eigenvalue weighted by molar-refractivity contribution is -0.124. The molecule has 1 amide bonds. The van der Waals surface area contributed by atoms with Crippen molar-refractivity contribution in [2.45, 2.75) is 44.9 Å². The number of hydrogen-bond donors (Lipinski definition) is 1. The van der Waals surface area contributed by atoms with Gasteiger partial charge in [0, 0.05) is 6.54 Å². The van der Waals surface area contributed by atoms with Crippen molar-refractivity contribution in [1.82, 2.24) is 5.32 Å². The molecule has 1 saturated heterocycles. The van der Waals surface area contributed by atoms with Crippen LogP contribution in [0.2, 0.25) is 0 Å². The molecule has 0 aromatic rings. The topological polar surface area (TPSA) is 63.2 Å². The Morgan fingerprint density at radius 3 is 2.50 bits per heavy atom. The summed E-state index contributed by atoms with van der Waals surface area (Å²) < 4.78 is 22.5. The molecule has 5 heteroatoms. The highest BCUT2D eigenvalue weighted by atomic mass is 32.2. The van der Waals surface area contributed by atoms with Gasteiger partial charge < -0.3 is 5.32 Å². The van der Waals surface area contributed by atoms with Crippen molar-refractivity contribution >= 4 is 15.7 Å². The normalized spacial score (nSPS) is 27.4. The quantitative estimate of drug-likeness (QED) is 0.772. The standard InChI is InChI=1S/C13H23NO3S/c15-13(12-7-9-18(16,17)10-12)14-8-3-6-11-4-1-2-5-11/h11-12H,1-10H2,(H,14,15). The summed E-state index contributed by atoms with van der Waals surface area (Å²) in [6.07, 6.45) is 8.12. The molecule has 2 aliphatic rings. The van der Waals surface area contributed by atoms with E-state index in [4.69, 9.17) is 0 Å². The highest BCUT2D eigenvalue weighted by Crippen LogP contribution is 2.28. The molecule has 1 aliphatic heterocycles. The Kier molecular flexibility index (Phi) is 4.65. The number of carbonyl (C=O) groups is 1. The van der Waals surface area contributed by atoms with Gasteiger partial charge in [0.25, 0.3) is 0 Å².